The summed E-state index contributed by atoms with van der Waals surface area (Å²) in [5.41, 5.74) is 3.16. The van der Waals surface area contributed by atoms with Gasteiger partial charge >= 0.3 is 5.97 Å². The zero-order valence-corrected chi connectivity index (χ0v) is 21.8. The molecule has 38 heavy (non-hydrogen) atoms. The summed E-state index contributed by atoms with van der Waals surface area (Å²) in [4.78, 5) is 30.0. The number of nitrogens with zero attached hydrogens (tertiary/aromatic N) is 1. The maximum atomic E-state index is 12.9. The number of carbonyl (C=O) groups is 2. The maximum absolute atomic E-state index is 12.9. The van der Waals surface area contributed by atoms with Crippen LogP contribution in [0.3, 0.4) is 0 Å². The van der Waals surface area contributed by atoms with E-state index >= 15 is 0 Å². The first kappa shape index (κ1) is 25.5. The number of ether oxygens (including phenoxy) is 3. The highest BCUT2D eigenvalue weighted by atomic mass is 32.1. The van der Waals surface area contributed by atoms with Crippen LogP contribution in [0.15, 0.2) is 85.1 Å². The van der Waals surface area contributed by atoms with Crippen LogP contribution >= 0.6 is 11.3 Å². The van der Waals surface area contributed by atoms with Crippen LogP contribution in [0.25, 0.3) is 0 Å². The summed E-state index contributed by atoms with van der Waals surface area (Å²) in [6.45, 7) is 1.97. The number of thiazole rings is 1. The van der Waals surface area contributed by atoms with E-state index in [-0.39, 0.29) is 12.7 Å². The fourth-order valence-electron chi connectivity index (χ4n) is 4.36. The Kier molecular flexibility index (Phi) is 7.99. The molecule has 0 spiro atoms. The van der Waals surface area contributed by atoms with Crippen LogP contribution in [0.4, 0.5) is 0 Å². The first-order valence-corrected chi connectivity index (χ1v) is 13.4. The van der Waals surface area contributed by atoms with Crippen molar-refractivity contribution < 1.29 is 23.8 Å². The molecule has 1 aliphatic heterocycles. The fourth-order valence-corrected chi connectivity index (χ4v) is 5.05. The predicted molar refractivity (Wildman–Crippen MR) is 145 cm³/mol. The van der Waals surface area contributed by atoms with Crippen molar-refractivity contribution in [1.82, 2.24) is 10.3 Å². The fraction of sp³-hybridized carbons (Fsp3) is 0.233. The summed E-state index contributed by atoms with van der Waals surface area (Å²) in [7, 11) is 0. The molecule has 0 saturated heterocycles. The van der Waals surface area contributed by atoms with Crippen LogP contribution in [0.2, 0.25) is 0 Å². The average Bonchev–Trinajstić information content (AvgIpc) is 3.42. The van der Waals surface area contributed by atoms with Gasteiger partial charge in [0.1, 0.15) is 28.5 Å². The Labute approximate surface area is 225 Å². The summed E-state index contributed by atoms with van der Waals surface area (Å²) in [5.74, 6) is 0.592. The molecule has 194 valence electrons. The van der Waals surface area contributed by atoms with Gasteiger partial charge in [-0.25, -0.2) is 9.78 Å². The molecule has 4 aromatic rings. The van der Waals surface area contributed by atoms with Crippen LogP contribution in [-0.2, 0) is 22.4 Å². The summed E-state index contributed by atoms with van der Waals surface area (Å²) >= 11 is 1.12. The smallest absolute Gasteiger partial charge is 0.328 e. The molecular formula is C30H28N2O5S. The Morgan fingerprint density at radius 2 is 1.84 bits per heavy atom. The highest BCUT2D eigenvalue weighted by Gasteiger charge is 2.25. The first-order valence-electron chi connectivity index (χ1n) is 12.6. The zero-order chi connectivity index (χ0) is 26.3. The number of carbonyl (C=O) groups excluding carboxylic acids is 2. The Bertz CT molecular complexity index is 1390. The first-order chi connectivity index (χ1) is 18.6. The summed E-state index contributed by atoms with van der Waals surface area (Å²) < 4.78 is 17.3. The lowest BCUT2D eigenvalue weighted by molar-refractivity contribution is -0.145. The third-order valence-corrected chi connectivity index (χ3v) is 7.10. The second kappa shape index (κ2) is 11.9. The monoisotopic (exact) mass is 528 g/mol. The van der Waals surface area contributed by atoms with E-state index in [0.717, 1.165) is 41.1 Å². The van der Waals surface area contributed by atoms with Gasteiger partial charge in [0.25, 0.3) is 11.1 Å². The lowest BCUT2D eigenvalue weighted by Gasteiger charge is -2.26. The Balaban J connectivity index is 1.23. The van der Waals surface area contributed by atoms with Crippen molar-refractivity contribution >= 4 is 23.2 Å². The van der Waals surface area contributed by atoms with Crippen LogP contribution in [0, 0.1) is 0 Å². The molecule has 2 atom stereocenters. The molecule has 0 bridgehead atoms. The largest absolute Gasteiger partial charge is 0.485 e. The van der Waals surface area contributed by atoms with E-state index in [1.54, 1.807) is 6.92 Å². The molecule has 5 rings (SSSR count). The maximum Gasteiger partial charge on any atom is 0.328 e. The van der Waals surface area contributed by atoms with Crippen molar-refractivity contribution in [2.24, 2.45) is 0 Å². The van der Waals surface area contributed by atoms with Crippen molar-refractivity contribution in [3.05, 3.63) is 107 Å². The minimum Gasteiger partial charge on any atom is -0.485 e. The van der Waals surface area contributed by atoms with Gasteiger partial charge in [-0.15, -0.1) is 0 Å². The number of benzene rings is 3. The number of hydrogen-bond donors (Lipinski definition) is 1. The van der Waals surface area contributed by atoms with Gasteiger partial charge in [0, 0.05) is 6.42 Å². The van der Waals surface area contributed by atoms with Gasteiger partial charge in [-0.05, 0) is 54.7 Å². The highest BCUT2D eigenvalue weighted by molar-refractivity contribution is 7.15. The number of esters is 1. The molecule has 0 radical (unpaired) electrons. The van der Waals surface area contributed by atoms with Gasteiger partial charge in [-0.1, -0.05) is 72.0 Å². The predicted octanol–water partition coefficient (Wildman–Crippen LogP) is 5.91. The molecule has 2 heterocycles. The molecule has 0 saturated carbocycles. The number of nitrogens with one attached hydrogen (secondary N) is 1. The second-order valence-electron chi connectivity index (χ2n) is 8.89. The topological polar surface area (TPSA) is 86.8 Å². The quantitative estimate of drug-likeness (QED) is 0.272. The van der Waals surface area contributed by atoms with Crippen LogP contribution in [0.5, 0.6) is 16.7 Å². The molecule has 7 nitrogen and oxygen atoms in total. The van der Waals surface area contributed by atoms with E-state index in [1.165, 1.54) is 11.8 Å². The Morgan fingerprint density at radius 3 is 2.61 bits per heavy atom. The zero-order valence-electron chi connectivity index (χ0n) is 21.0. The number of aromatic nitrogens is 1. The Morgan fingerprint density at radius 1 is 1.08 bits per heavy atom. The van der Waals surface area contributed by atoms with E-state index in [9.17, 15) is 9.59 Å². The number of fused-ring (bicyclic) bond motifs is 1. The van der Waals surface area contributed by atoms with Crippen molar-refractivity contribution in [3.63, 3.8) is 0 Å². The molecular weight excluding hydrogens is 500 g/mol. The van der Waals surface area contributed by atoms with E-state index in [0.29, 0.717) is 22.2 Å². The molecule has 8 heteroatoms. The van der Waals surface area contributed by atoms with Crippen molar-refractivity contribution in [2.75, 3.05) is 6.61 Å². The van der Waals surface area contributed by atoms with E-state index in [1.807, 2.05) is 66.7 Å². The second-order valence-corrected chi connectivity index (χ2v) is 9.88. The third-order valence-electron chi connectivity index (χ3n) is 6.22. The van der Waals surface area contributed by atoms with E-state index < -0.39 is 17.9 Å². The molecule has 1 N–H and O–H groups in total. The van der Waals surface area contributed by atoms with Gasteiger partial charge in [0.15, 0.2) is 0 Å². The van der Waals surface area contributed by atoms with E-state index in [2.05, 4.69) is 22.4 Å². The van der Waals surface area contributed by atoms with Gasteiger partial charge in [0.05, 0.1) is 12.8 Å². The lowest BCUT2D eigenvalue weighted by Crippen LogP contribution is -2.43. The average molecular weight is 529 g/mol. The van der Waals surface area contributed by atoms with Gasteiger partial charge < -0.3 is 19.5 Å². The van der Waals surface area contributed by atoms with E-state index in [4.69, 9.17) is 14.2 Å². The molecule has 1 amide bonds. The van der Waals surface area contributed by atoms with Gasteiger partial charge in [-0.3, -0.25) is 4.79 Å². The number of rotatable bonds is 9. The standard InChI is InChI=1S/C30H28N2O5S/c1-2-35-29(34)24(17-20-9-5-3-6-10-20)32-28(33)27-19-31-30(38-27)36-23-14-16-26-22(18-23)13-15-25(37-26)21-11-7-4-8-12-21/h3-12,14,16,18-19,24-25H,2,13,15,17H2,1H3,(H,32,33). The van der Waals surface area contributed by atoms with Crippen LogP contribution in [0.1, 0.15) is 45.8 Å². The molecule has 0 fully saturated rings. The summed E-state index contributed by atoms with van der Waals surface area (Å²) in [6, 6.07) is 24.6. The summed E-state index contributed by atoms with van der Waals surface area (Å²) in [6.07, 6.45) is 3.57. The minimum atomic E-state index is -0.809. The van der Waals surface area contributed by atoms with Crippen molar-refractivity contribution in [1.29, 1.82) is 0 Å². The molecule has 3 aromatic carbocycles. The van der Waals surface area contributed by atoms with Crippen LogP contribution < -0.4 is 14.8 Å². The molecule has 2 unspecified atom stereocenters. The molecule has 1 aromatic heterocycles. The number of amides is 1. The van der Waals surface area contributed by atoms with Gasteiger partial charge in [-0.2, -0.15) is 0 Å². The Hall–Kier alpha value is -4.17. The normalized spacial score (nSPS) is 15.0. The highest BCUT2D eigenvalue weighted by Crippen LogP contribution is 2.38. The SMILES string of the molecule is CCOC(=O)C(Cc1ccccc1)NC(=O)c1cnc(Oc2ccc3c(c2)CCC(c2ccccc2)O3)s1. The third kappa shape index (κ3) is 6.20. The summed E-state index contributed by atoms with van der Waals surface area (Å²) in [5, 5.41) is 3.12. The lowest BCUT2D eigenvalue weighted by atomic mass is 9.97. The van der Waals surface area contributed by atoms with Crippen LogP contribution in [-0.4, -0.2) is 29.5 Å². The molecule has 1 aliphatic rings. The molecule has 0 aliphatic carbocycles. The minimum absolute atomic E-state index is 0.0378. The van der Waals surface area contributed by atoms with Crippen molar-refractivity contribution in [3.8, 4) is 16.7 Å². The number of aryl methyl sites for hydroxylation is 1. The van der Waals surface area contributed by atoms with Crippen molar-refractivity contribution in [2.45, 2.75) is 38.3 Å². The van der Waals surface area contributed by atoms with Gasteiger partial charge in [0.2, 0.25) is 0 Å². The number of hydrogen-bond acceptors (Lipinski definition) is 7.